The first kappa shape index (κ1) is 20.3. The highest BCUT2D eigenvalue weighted by Gasteiger charge is 2.39. The number of fused-ring (bicyclic) bond motifs is 2. The van der Waals surface area contributed by atoms with Crippen LogP contribution in [0.2, 0.25) is 0 Å². The minimum atomic E-state index is -0.393. The van der Waals surface area contributed by atoms with Crippen molar-refractivity contribution in [3.05, 3.63) is 82.1 Å². The van der Waals surface area contributed by atoms with Gasteiger partial charge in [-0.25, -0.2) is 4.39 Å². The Morgan fingerprint density at radius 2 is 1.56 bits per heavy atom. The quantitative estimate of drug-likeness (QED) is 0.350. The Hall–Kier alpha value is -3.59. The summed E-state index contributed by atoms with van der Waals surface area (Å²) in [7, 11) is 0. The molecular formula is C23H22FN5O3. The summed E-state index contributed by atoms with van der Waals surface area (Å²) >= 11 is 0. The van der Waals surface area contributed by atoms with E-state index < -0.39 is 5.78 Å². The number of hydrogen-bond acceptors (Lipinski definition) is 6. The minimum Gasteiger partial charge on any atom is -0.571 e. The molecule has 1 aliphatic heterocycles. The van der Waals surface area contributed by atoms with Gasteiger partial charge in [0.25, 0.3) is 0 Å². The molecule has 1 saturated heterocycles. The second-order valence-electron chi connectivity index (χ2n) is 8.04. The molecule has 2 heterocycles. The van der Waals surface area contributed by atoms with Crippen molar-refractivity contribution in [3.8, 4) is 0 Å². The summed E-state index contributed by atoms with van der Waals surface area (Å²) < 4.78 is 14.4. The van der Waals surface area contributed by atoms with Crippen molar-refractivity contribution in [3.63, 3.8) is 0 Å². The molecule has 1 fully saturated rings. The van der Waals surface area contributed by atoms with Crippen molar-refractivity contribution in [2.75, 3.05) is 37.6 Å². The van der Waals surface area contributed by atoms with Crippen LogP contribution in [0.1, 0.15) is 38.5 Å². The molecule has 0 spiro atoms. The smallest absolute Gasteiger partial charge is 0.220 e. The number of rotatable bonds is 5. The summed E-state index contributed by atoms with van der Waals surface area (Å²) in [6.45, 7) is 4.41. The number of carbonyl (C=O) groups is 2. The normalized spacial score (nSPS) is 16.2. The fraction of sp³-hybridized carbons (Fsp3) is 0.304. The first-order valence-electron chi connectivity index (χ1n) is 10.6. The molecule has 0 bridgehead atoms. The van der Waals surface area contributed by atoms with Gasteiger partial charge in [-0.2, -0.15) is 0 Å². The summed E-state index contributed by atoms with van der Waals surface area (Å²) in [6.07, 6.45) is 0.644. The van der Waals surface area contributed by atoms with Gasteiger partial charge < -0.3 is 10.1 Å². The molecule has 0 unspecified atom stereocenters. The Bertz CT molecular complexity index is 1180. The SMILES string of the molecule is O=C1c2ccccc2C(=O)c2c1n[n+]([O-])n2CCCN1CCN(c2ccc(F)cc2)CC1. The molecule has 0 N–H and O–H groups in total. The number of ketones is 2. The van der Waals surface area contributed by atoms with Crippen LogP contribution in [0.3, 0.4) is 0 Å². The molecule has 0 radical (unpaired) electrons. The zero-order chi connectivity index (χ0) is 22.2. The molecule has 5 rings (SSSR count). The van der Waals surface area contributed by atoms with Gasteiger partial charge in [0.05, 0.1) is 6.54 Å². The summed E-state index contributed by atoms with van der Waals surface area (Å²) in [5.74, 6) is -0.978. The van der Waals surface area contributed by atoms with Gasteiger partial charge in [0.2, 0.25) is 17.3 Å². The van der Waals surface area contributed by atoms with Crippen LogP contribution in [-0.2, 0) is 6.54 Å². The van der Waals surface area contributed by atoms with E-state index in [9.17, 15) is 19.2 Å². The van der Waals surface area contributed by atoms with Gasteiger partial charge in [0.15, 0.2) is 5.69 Å². The van der Waals surface area contributed by atoms with Crippen LogP contribution in [0, 0.1) is 11.0 Å². The summed E-state index contributed by atoms with van der Waals surface area (Å²) in [4.78, 5) is 30.5. The van der Waals surface area contributed by atoms with Crippen molar-refractivity contribution in [2.24, 2.45) is 0 Å². The van der Waals surface area contributed by atoms with E-state index in [1.807, 2.05) is 0 Å². The number of nitrogens with zero attached hydrogens (tertiary/aromatic N) is 5. The molecule has 0 atom stereocenters. The van der Waals surface area contributed by atoms with Crippen LogP contribution in [0.5, 0.6) is 0 Å². The Kier molecular flexibility index (Phi) is 5.18. The molecule has 8 nitrogen and oxygen atoms in total. The van der Waals surface area contributed by atoms with Gasteiger partial charge in [-0.3, -0.25) is 14.5 Å². The first-order valence-corrected chi connectivity index (χ1v) is 10.6. The lowest BCUT2D eigenvalue weighted by molar-refractivity contribution is -0.749. The number of aromatic nitrogens is 3. The predicted octanol–water partition coefficient (Wildman–Crippen LogP) is 1.64. The average molecular weight is 435 g/mol. The third-order valence-electron chi connectivity index (χ3n) is 6.13. The fourth-order valence-corrected chi connectivity index (χ4v) is 4.43. The van der Waals surface area contributed by atoms with E-state index in [-0.39, 0.29) is 28.6 Å². The van der Waals surface area contributed by atoms with E-state index in [4.69, 9.17) is 0 Å². The lowest BCUT2D eigenvalue weighted by atomic mass is 9.90. The summed E-state index contributed by atoms with van der Waals surface area (Å²) in [6, 6.07) is 13.1. The van der Waals surface area contributed by atoms with Gasteiger partial charge >= 0.3 is 0 Å². The topological polar surface area (TPSA) is 85.4 Å². The van der Waals surface area contributed by atoms with E-state index in [1.54, 1.807) is 36.4 Å². The van der Waals surface area contributed by atoms with E-state index >= 15 is 0 Å². The largest absolute Gasteiger partial charge is 0.571 e. The molecule has 32 heavy (non-hydrogen) atoms. The maximum Gasteiger partial charge on any atom is 0.220 e. The summed E-state index contributed by atoms with van der Waals surface area (Å²) in [5, 5.41) is 16.2. The van der Waals surface area contributed by atoms with Crippen molar-refractivity contribution in [1.82, 2.24) is 14.7 Å². The van der Waals surface area contributed by atoms with Crippen molar-refractivity contribution >= 4 is 17.3 Å². The van der Waals surface area contributed by atoms with E-state index in [2.05, 4.69) is 14.9 Å². The average Bonchev–Trinajstić information content (AvgIpc) is 3.15. The number of piperazine rings is 1. The lowest BCUT2D eigenvalue weighted by Gasteiger charge is -2.36. The van der Waals surface area contributed by atoms with Crippen molar-refractivity contribution in [1.29, 1.82) is 0 Å². The molecule has 9 heteroatoms. The van der Waals surface area contributed by atoms with Gasteiger partial charge in [0.1, 0.15) is 5.82 Å². The van der Waals surface area contributed by atoms with Crippen LogP contribution in [0.4, 0.5) is 10.1 Å². The number of carbonyl (C=O) groups excluding carboxylic acids is 2. The van der Waals surface area contributed by atoms with Gasteiger partial charge in [-0.15, -0.1) is 4.68 Å². The maximum absolute atomic E-state index is 13.1. The van der Waals surface area contributed by atoms with E-state index in [0.29, 0.717) is 23.5 Å². The van der Waals surface area contributed by atoms with Crippen molar-refractivity contribution < 1.29 is 18.9 Å². The monoisotopic (exact) mass is 435 g/mol. The highest BCUT2D eigenvalue weighted by Crippen LogP contribution is 2.25. The minimum absolute atomic E-state index is 0.0726. The molecule has 1 aliphatic carbocycles. The first-order chi connectivity index (χ1) is 15.5. The molecule has 2 aromatic carbocycles. The van der Waals surface area contributed by atoms with Crippen molar-refractivity contribution in [2.45, 2.75) is 13.0 Å². The molecule has 164 valence electrons. The van der Waals surface area contributed by atoms with Crippen LogP contribution < -0.4 is 9.86 Å². The standard InChI is InChI=1S/C23H22FN5O3/c24-16-6-8-17(9-7-16)27-14-12-26(13-15-27)10-3-11-28-21-20(25-29(28)32)22(30)18-4-1-2-5-19(18)23(21)31/h1-2,4-9H,3,10-15H2. The molecule has 0 amide bonds. The van der Waals surface area contributed by atoms with Gasteiger partial charge in [-0.1, -0.05) is 24.3 Å². The Morgan fingerprint density at radius 1 is 0.906 bits per heavy atom. The molecule has 0 saturated carbocycles. The lowest BCUT2D eigenvalue weighted by Crippen LogP contribution is -2.47. The Labute approximate surface area is 184 Å². The van der Waals surface area contributed by atoms with Crippen LogP contribution in [0.25, 0.3) is 0 Å². The van der Waals surface area contributed by atoms with Crippen LogP contribution in [-0.4, -0.2) is 59.0 Å². The summed E-state index contributed by atoms with van der Waals surface area (Å²) in [5.41, 5.74) is 1.60. The van der Waals surface area contributed by atoms with Crippen LogP contribution >= 0.6 is 0 Å². The highest BCUT2D eigenvalue weighted by molar-refractivity contribution is 6.26. The number of halogens is 1. The fourth-order valence-electron chi connectivity index (χ4n) is 4.43. The van der Waals surface area contributed by atoms with Crippen LogP contribution in [0.15, 0.2) is 48.5 Å². The van der Waals surface area contributed by atoms with E-state index in [1.165, 1.54) is 16.8 Å². The number of benzene rings is 2. The second kappa shape index (κ2) is 8.16. The van der Waals surface area contributed by atoms with Gasteiger partial charge in [-0.05, 0) is 30.7 Å². The zero-order valence-corrected chi connectivity index (χ0v) is 17.4. The highest BCUT2D eigenvalue weighted by atomic mass is 19.1. The number of anilines is 1. The third kappa shape index (κ3) is 3.54. The van der Waals surface area contributed by atoms with Gasteiger partial charge in [0, 0.05) is 59.6 Å². The molecule has 1 aromatic heterocycles. The molecular weight excluding hydrogens is 413 g/mol. The predicted molar refractivity (Wildman–Crippen MR) is 114 cm³/mol. The zero-order valence-electron chi connectivity index (χ0n) is 17.4. The second-order valence-corrected chi connectivity index (χ2v) is 8.04. The molecule has 3 aromatic rings. The Morgan fingerprint density at radius 3 is 2.25 bits per heavy atom. The number of hydrogen-bond donors (Lipinski definition) is 0. The maximum atomic E-state index is 13.1. The third-order valence-corrected chi connectivity index (χ3v) is 6.13. The molecule has 2 aliphatic rings. The Balaban J connectivity index is 1.22. The van der Waals surface area contributed by atoms with E-state index in [0.717, 1.165) is 38.4 Å².